The fraction of sp³-hybridized carbons (Fsp3) is 0.188. The summed E-state index contributed by atoms with van der Waals surface area (Å²) in [6.07, 6.45) is 0.815. The molecule has 19 heavy (non-hydrogen) atoms. The Labute approximate surface area is 112 Å². The van der Waals surface area contributed by atoms with Crippen LogP contribution in [0.5, 0.6) is 0 Å². The Morgan fingerprint density at radius 1 is 1.05 bits per heavy atom. The minimum absolute atomic E-state index is 0.0509. The molecule has 0 aromatic heterocycles. The Bertz CT molecular complexity index is 595. The highest BCUT2D eigenvalue weighted by molar-refractivity contribution is 5.94. The van der Waals surface area contributed by atoms with Gasteiger partial charge in [-0.3, -0.25) is 4.79 Å². The number of hydrogen-bond donors (Lipinski definition) is 2. The van der Waals surface area contributed by atoms with E-state index in [-0.39, 0.29) is 18.0 Å². The van der Waals surface area contributed by atoms with E-state index in [9.17, 15) is 4.79 Å². The van der Waals surface area contributed by atoms with Crippen LogP contribution in [0.15, 0.2) is 54.6 Å². The van der Waals surface area contributed by atoms with Gasteiger partial charge in [-0.05, 0) is 29.7 Å². The van der Waals surface area contributed by atoms with E-state index in [1.807, 2.05) is 48.5 Å². The highest BCUT2D eigenvalue weighted by Crippen LogP contribution is 2.30. The summed E-state index contributed by atoms with van der Waals surface area (Å²) in [5, 5.41) is 3.04. The van der Waals surface area contributed by atoms with Gasteiger partial charge < -0.3 is 11.1 Å². The molecule has 0 heterocycles. The molecule has 1 amide bonds. The molecule has 3 rings (SSSR count). The number of benzene rings is 2. The average Bonchev–Trinajstić information content (AvgIpc) is 2.76. The summed E-state index contributed by atoms with van der Waals surface area (Å²) in [5.41, 5.74) is 9.17. The second-order valence-electron chi connectivity index (χ2n) is 4.88. The van der Waals surface area contributed by atoms with Gasteiger partial charge in [0, 0.05) is 11.6 Å². The molecular formula is C16H16N2O. The van der Waals surface area contributed by atoms with Crippen molar-refractivity contribution in [3.05, 3.63) is 71.3 Å². The highest BCUT2D eigenvalue weighted by atomic mass is 16.1. The Kier molecular flexibility index (Phi) is 3.05. The van der Waals surface area contributed by atoms with E-state index in [1.54, 1.807) is 0 Å². The van der Waals surface area contributed by atoms with Crippen molar-refractivity contribution >= 4 is 5.91 Å². The van der Waals surface area contributed by atoms with Gasteiger partial charge in [-0.2, -0.15) is 0 Å². The van der Waals surface area contributed by atoms with Crippen molar-refractivity contribution in [3.63, 3.8) is 0 Å². The van der Waals surface area contributed by atoms with Gasteiger partial charge in [0.05, 0.1) is 6.04 Å². The molecule has 96 valence electrons. The largest absolute Gasteiger partial charge is 0.344 e. The minimum Gasteiger partial charge on any atom is -0.344 e. The molecule has 2 aromatic rings. The van der Waals surface area contributed by atoms with Crippen molar-refractivity contribution in [1.82, 2.24) is 5.32 Å². The van der Waals surface area contributed by atoms with Crippen molar-refractivity contribution in [2.24, 2.45) is 5.73 Å². The van der Waals surface area contributed by atoms with Crippen LogP contribution in [0.1, 0.15) is 27.5 Å². The summed E-state index contributed by atoms with van der Waals surface area (Å²) < 4.78 is 0. The fourth-order valence-corrected chi connectivity index (χ4v) is 2.62. The quantitative estimate of drug-likeness (QED) is 0.859. The molecule has 0 saturated carbocycles. The Balaban J connectivity index is 1.82. The van der Waals surface area contributed by atoms with Gasteiger partial charge in [-0.15, -0.1) is 0 Å². The van der Waals surface area contributed by atoms with Gasteiger partial charge in [0.2, 0.25) is 0 Å². The zero-order valence-electron chi connectivity index (χ0n) is 10.5. The first kappa shape index (κ1) is 11.9. The van der Waals surface area contributed by atoms with Gasteiger partial charge in [0.1, 0.15) is 0 Å². The second-order valence-corrected chi connectivity index (χ2v) is 4.88. The normalized spacial score (nSPS) is 20.9. The van der Waals surface area contributed by atoms with Gasteiger partial charge in [0.25, 0.3) is 5.91 Å². The molecule has 0 saturated heterocycles. The lowest BCUT2D eigenvalue weighted by atomic mass is 10.1. The van der Waals surface area contributed by atoms with E-state index in [0.29, 0.717) is 5.56 Å². The summed E-state index contributed by atoms with van der Waals surface area (Å²) >= 11 is 0. The number of nitrogens with two attached hydrogens (primary N) is 1. The van der Waals surface area contributed by atoms with Crippen LogP contribution in [0.25, 0.3) is 0 Å². The van der Waals surface area contributed by atoms with Crippen LogP contribution in [-0.2, 0) is 6.42 Å². The lowest BCUT2D eigenvalue weighted by Gasteiger charge is -2.18. The lowest BCUT2D eigenvalue weighted by Crippen LogP contribution is -2.38. The van der Waals surface area contributed by atoms with E-state index >= 15 is 0 Å². The smallest absolute Gasteiger partial charge is 0.251 e. The van der Waals surface area contributed by atoms with Gasteiger partial charge in [-0.25, -0.2) is 0 Å². The molecule has 0 aliphatic heterocycles. The average molecular weight is 252 g/mol. The molecule has 0 radical (unpaired) electrons. The van der Waals surface area contributed by atoms with Crippen molar-refractivity contribution < 1.29 is 4.79 Å². The summed E-state index contributed by atoms with van der Waals surface area (Å²) in [5.74, 6) is -0.0715. The number of amides is 1. The van der Waals surface area contributed by atoms with Crippen LogP contribution in [0.4, 0.5) is 0 Å². The third kappa shape index (κ3) is 2.25. The highest BCUT2D eigenvalue weighted by Gasteiger charge is 2.30. The van der Waals surface area contributed by atoms with Crippen LogP contribution in [0, 0.1) is 0 Å². The maximum Gasteiger partial charge on any atom is 0.251 e. The number of carbonyl (C=O) groups is 1. The van der Waals surface area contributed by atoms with E-state index in [4.69, 9.17) is 5.73 Å². The predicted molar refractivity (Wildman–Crippen MR) is 74.8 cm³/mol. The van der Waals surface area contributed by atoms with Crippen molar-refractivity contribution in [1.29, 1.82) is 0 Å². The molecule has 2 aromatic carbocycles. The van der Waals surface area contributed by atoms with Gasteiger partial charge >= 0.3 is 0 Å². The van der Waals surface area contributed by atoms with Crippen LogP contribution in [0.3, 0.4) is 0 Å². The molecule has 3 heteroatoms. The number of nitrogens with one attached hydrogen (secondary N) is 1. The summed E-state index contributed by atoms with van der Waals surface area (Å²) in [6.45, 7) is 0. The summed E-state index contributed by atoms with van der Waals surface area (Å²) in [6, 6.07) is 17.2. The number of carbonyl (C=O) groups excluding carboxylic acids is 1. The fourth-order valence-electron chi connectivity index (χ4n) is 2.62. The first-order chi connectivity index (χ1) is 9.25. The maximum absolute atomic E-state index is 12.2. The SMILES string of the molecule is NC1Cc2ccccc2C1NC(=O)c1ccccc1. The van der Waals surface area contributed by atoms with Crippen LogP contribution in [0.2, 0.25) is 0 Å². The molecule has 0 spiro atoms. The lowest BCUT2D eigenvalue weighted by molar-refractivity contribution is 0.0933. The number of fused-ring (bicyclic) bond motifs is 1. The van der Waals surface area contributed by atoms with E-state index in [0.717, 1.165) is 12.0 Å². The van der Waals surface area contributed by atoms with E-state index in [1.165, 1.54) is 5.56 Å². The molecule has 1 aliphatic carbocycles. The van der Waals surface area contributed by atoms with Crippen molar-refractivity contribution in [3.8, 4) is 0 Å². The van der Waals surface area contributed by atoms with E-state index in [2.05, 4.69) is 11.4 Å². The van der Waals surface area contributed by atoms with Crippen molar-refractivity contribution in [2.75, 3.05) is 0 Å². The van der Waals surface area contributed by atoms with Crippen LogP contribution in [-0.4, -0.2) is 11.9 Å². The van der Waals surface area contributed by atoms with E-state index < -0.39 is 0 Å². The van der Waals surface area contributed by atoms with Gasteiger partial charge in [0.15, 0.2) is 0 Å². The molecule has 1 aliphatic rings. The zero-order valence-corrected chi connectivity index (χ0v) is 10.5. The molecule has 2 atom stereocenters. The predicted octanol–water partition coefficient (Wildman–Crippen LogP) is 2.04. The summed E-state index contributed by atoms with van der Waals surface area (Å²) in [7, 11) is 0. The Morgan fingerprint density at radius 3 is 2.53 bits per heavy atom. The zero-order chi connectivity index (χ0) is 13.2. The molecule has 3 N–H and O–H groups in total. The number of rotatable bonds is 2. The molecule has 0 bridgehead atoms. The first-order valence-corrected chi connectivity index (χ1v) is 6.45. The second kappa shape index (κ2) is 4.86. The van der Waals surface area contributed by atoms with Gasteiger partial charge in [-0.1, -0.05) is 42.5 Å². The summed E-state index contributed by atoms with van der Waals surface area (Å²) in [4.78, 5) is 12.2. The monoisotopic (exact) mass is 252 g/mol. The topological polar surface area (TPSA) is 55.1 Å². The maximum atomic E-state index is 12.2. The van der Waals surface area contributed by atoms with Crippen LogP contribution >= 0.6 is 0 Å². The Morgan fingerprint density at radius 2 is 1.74 bits per heavy atom. The third-order valence-electron chi connectivity index (χ3n) is 3.60. The molecular weight excluding hydrogens is 236 g/mol. The first-order valence-electron chi connectivity index (χ1n) is 6.45. The molecule has 3 nitrogen and oxygen atoms in total. The van der Waals surface area contributed by atoms with Crippen molar-refractivity contribution in [2.45, 2.75) is 18.5 Å². The molecule has 0 fully saturated rings. The third-order valence-corrected chi connectivity index (χ3v) is 3.60. The molecule has 2 unspecified atom stereocenters. The number of hydrogen-bond acceptors (Lipinski definition) is 2. The minimum atomic E-state index is -0.0936. The Hall–Kier alpha value is -2.13. The standard InChI is InChI=1S/C16H16N2O/c17-14-10-12-8-4-5-9-13(12)15(14)18-16(19)11-6-2-1-3-7-11/h1-9,14-15H,10,17H2,(H,18,19). The van der Waals surface area contributed by atoms with Crippen LogP contribution < -0.4 is 11.1 Å².